The van der Waals surface area contributed by atoms with Crippen molar-refractivity contribution in [3.05, 3.63) is 59.7 Å². The molecule has 2 aromatic carbocycles. The van der Waals surface area contributed by atoms with E-state index in [9.17, 15) is 40.7 Å². The normalized spacial score (nSPS) is 11.6. The molecule has 0 fully saturated rings. The first-order valence-corrected chi connectivity index (χ1v) is 7.39. The Hall–Kier alpha value is -3.37. The molecule has 0 atom stereocenters. The summed E-state index contributed by atoms with van der Waals surface area (Å²) in [5, 5.41) is 2.71. The SMILES string of the molecule is O=C(c1ccccc1)c1ccc(NC(=O)C(F)(F)F)c(NC(=O)C(F)(F)F)c1. The molecule has 0 aromatic heterocycles. The summed E-state index contributed by atoms with van der Waals surface area (Å²) in [5.74, 6) is -5.60. The summed E-state index contributed by atoms with van der Waals surface area (Å²) in [5.41, 5.74) is -1.64. The molecular weight excluding hydrogens is 394 g/mol. The Labute approximate surface area is 153 Å². The summed E-state index contributed by atoms with van der Waals surface area (Å²) >= 11 is 0. The van der Waals surface area contributed by atoms with E-state index in [1.54, 1.807) is 6.07 Å². The lowest BCUT2D eigenvalue weighted by atomic mass is 10.0. The Balaban J connectivity index is 2.44. The monoisotopic (exact) mass is 404 g/mol. The van der Waals surface area contributed by atoms with Crippen molar-refractivity contribution in [2.24, 2.45) is 0 Å². The minimum Gasteiger partial charge on any atom is -0.316 e. The largest absolute Gasteiger partial charge is 0.471 e. The Morgan fingerprint density at radius 2 is 1.14 bits per heavy atom. The lowest BCUT2D eigenvalue weighted by Crippen LogP contribution is -2.32. The molecule has 0 unspecified atom stereocenters. The highest BCUT2D eigenvalue weighted by Crippen LogP contribution is 2.29. The van der Waals surface area contributed by atoms with Gasteiger partial charge in [-0.25, -0.2) is 0 Å². The molecule has 2 N–H and O–H groups in total. The van der Waals surface area contributed by atoms with Crippen LogP contribution < -0.4 is 10.6 Å². The van der Waals surface area contributed by atoms with E-state index in [4.69, 9.17) is 0 Å². The highest BCUT2D eigenvalue weighted by atomic mass is 19.4. The number of ketones is 1. The minimum absolute atomic E-state index is 0.155. The molecular formula is C17H10F6N2O3. The van der Waals surface area contributed by atoms with Gasteiger partial charge < -0.3 is 10.6 Å². The van der Waals surface area contributed by atoms with Crippen molar-refractivity contribution in [1.29, 1.82) is 0 Å². The molecule has 0 aliphatic heterocycles. The van der Waals surface area contributed by atoms with Gasteiger partial charge >= 0.3 is 24.2 Å². The maximum absolute atomic E-state index is 12.5. The number of nitrogens with one attached hydrogen (secondary N) is 2. The van der Waals surface area contributed by atoms with Crippen LogP contribution in [0.5, 0.6) is 0 Å². The summed E-state index contributed by atoms with van der Waals surface area (Å²) in [7, 11) is 0. The fourth-order valence-corrected chi connectivity index (χ4v) is 2.04. The van der Waals surface area contributed by atoms with Crippen molar-refractivity contribution >= 4 is 29.0 Å². The number of carbonyl (C=O) groups is 3. The topological polar surface area (TPSA) is 75.3 Å². The molecule has 2 rings (SSSR count). The first-order valence-electron chi connectivity index (χ1n) is 7.39. The van der Waals surface area contributed by atoms with Crippen molar-refractivity contribution in [1.82, 2.24) is 0 Å². The predicted octanol–water partition coefficient (Wildman–Crippen LogP) is 3.92. The number of hydrogen-bond acceptors (Lipinski definition) is 3. The Morgan fingerprint density at radius 3 is 1.64 bits per heavy atom. The summed E-state index contributed by atoms with van der Waals surface area (Å²) in [6, 6.07) is 10.0. The average molecular weight is 404 g/mol. The van der Waals surface area contributed by atoms with Crippen LogP contribution >= 0.6 is 0 Å². The van der Waals surface area contributed by atoms with E-state index in [0.29, 0.717) is 0 Å². The van der Waals surface area contributed by atoms with Gasteiger partial charge in [0.1, 0.15) is 0 Å². The zero-order valence-electron chi connectivity index (χ0n) is 13.6. The summed E-state index contributed by atoms with van der Waals surface area (Å²) in [6.45, 7) is 0. The van der Waals surface area contributed by atoms with E-state index in [0.717, 1.165) is 18.2 Å². The van der Waals surface area contributed by atoms with Gasteiger partial charge in [-0.3, -0.25) is 14.4 Å². The Kier molecular flexibility index (Phi) is 5.76. The highest BCUT2D eigenvalue weighted by Gasteiger charge is 2.41. The molecule has 0 saturated carbocycles. The maximum atomic E-state index is 12.5. The van der Waals surface area contributed by atoms with Crippen LogP contribution in [0.15, 0.2) is 48.5 Å². The van der Waals surface area contributed by atoms with Crippen LogP contribution in [0, 0.1) is 0 Å². The molecule has 0 heterocycles. The van der Waals surface area contributed by atoms with Crippen molar-refractivity contribution in [2.45, 2.75) is 12.4 Å². The predicted molar refractivity (Wildman–Crippen MR) is 85.7 cm³/mol. The van der Waals surface area contributed by atoms with Crippen LogP contribution in [-0.4, -0.2) is 30.0 Å². The van der Waals surface area contributed by atoms with E-state index in [1.807, 2.05) is 0 Å². The first-order chi connectivity index (χ1) is 12.9. The van der Waals surface area contributed by atoms with Crippen molar-refractivity contribution in [3.8, 4) is 0 Å². The summed E-state index contributed by atoms with van der Waals surface area (Å²) in [4.78, 5) is 34.6. The van der Waals surface area contributed by atoms with Gasteiger partial charge in [-0.2, -0.15) is 26.3 Å². The third kappa shape index (κ3) is 5.09. The number of rotatable bonds is 4. The van der Waals surface area contributed by atoms with Crippen LogP contribution in [0.4, 0.5) is 37.7 Å². The molecule has 2 amide bonds. The van der Waals surface area contributed by atoms with Crippen LogP contribution in [0.25, 0.3) is 0 Å². The number of halogens is 6. The number of amides is 2. The van der Waals surface area contributed by atoms with Crippen LogP contribution in [-0.2, 0) is 9.59 Å². The first kappa shape index (κ1) is 20.9. The fraction of sp³-hybridized carbons (Fsp3) is 0.118. The number of anilines is 2. The van der Waals surface area contributed by atoms with Gasteiger partial charge in [-0.15, -0.1) is 0 Å². The Morgan fingerprint density at radius 1 is 0.643 bits per heavy atom. The second-order valence-corrected chi connectivity index (χ2v) is 5.36. The van der Waals surface area contributed by atoms with Gasteiger partial charge in [0, 0.05) is 11.1 Å². The Bertz CT molecular complexity index is 907. The van der Waals surface area contributed by atoms with Crippen molar-refractivity contribution in [2.75, 3.05) is 10.6 Å². The number of benzene rings is 2. The minimum atomic E-state index is -5.34. The molecule has 5 nitrogen and oxygen atoms in total. The average Bonchev–Trinajstić information content (AvgIpc) is 2.61. The lowest BCUT2D eigenvalue weighted by Gasteiger charge is -2.15. The molecule has 11 heteroatoms. The number of carbonyl (C=O) groups excluding carboxylic acids is 3. The molecule has 0 aliphatic carbocycles. The van der Waals surface area contributed by atoms with E-state index >= 15 is 0 Å². The van der Waals surface area contributed by atoms with Gasteiger partial charge in [0.2, 0.25) is 0 Å². The van der Waals surface area contributed by atoms with Gasteiger partial charge in [-0.1, -0.05) is 30.3 Å². The van der Waals surface area contributed by atoms with E-state index in [1.165, 1.54) is 34.9 Å². The molecule has 148 valence electrons. The zero-order valence-corrected chi connectivity index (χ0v) is 13.6. The maximum Gasteiger partial charge on any atom is 0.471 e. The van der Waals surface area contributed by atoms with Crippen molar-refractivity contribution < 1.29 is 40.7 Å². The van der Waals surface area contributed by atoms with Gasteiger partial charge in [-0.05, 0) is 18.2 Å². The number of alkyl halides is 6. The lowest BCUT2D eigenvalue weighted by molar-refractivity contribution is -0.167. The molecule has 0 saturated heterocycles. The molecule has 0 spiro atoms. The molecule has 2 aromatic rings. The van der Waals surface area contributed by atoms with Crippen LogP contribution in [0.1, 0.15) is 15.9 Å². The quantitative estimate of drug-likeness (QED) is 0.599. The van der Waals surface area contributed by atoms with Gasteiger partial charge in [0.15, 0.2) is 5.78 Å². The van der Waals surface area contributed by atoms with Crippen molar-refractivity contribution in [3.63, 3.8) is 0 Å². The summed E-state index contributed by atoms with van der Waals surface area (Å²) < 4.78 is 74.7. The fourth-order valence-electron chi connectivity index (χ4n) is 2.04. The van der Waals surface area contributed by atoms with E-state index in [-0.39, 0.29) is 11.1 Å². The van der Waals surface area contributed by atoms with E-state index in [2.05, 4.69) is 0 Å². The highest BCUT2D eigenvalue weighted by molar-refractivity contribution is 6.11. The zero-order chi connectivity index (χ0) is 21.1. The third-order valence-electron chi connectivity index (χ3n) is 3.33. The summed E-state index contributed by atoms with van der Waals surface area (Å²) in [6.07, 6.45) is -10.7. The molecule has 0 radical (unpaired) electrons. The van der Waals surface area contributed by atoms with Gasteiger partial charge in [0.05, 0.1) is 11.4 Å². The van der Waals surface area contributed by atoms with Crippen LogP contribution in [0.3, 0.4) is 0 Å². The van der Waals surface area contributed by atoms with E-state index < -0.39 is 41.3 Å². The standard InChI is InChI=1S/C17H10F6N2O3/c18-16(19,20)14(27)24-11-7-6-10(13(26)9-4-2-1-3-5-9)8-12(11)25-15(28)17(21,22)23/h1-8H,(H,24,27)(H,25,28). The molecule has 28 heavy (non-hydrogen) atoms. The second kappa shape index (κ2) is 7.71. The smallest absolute Gasteiger partial charge is 0.316 e. The second-order valence-electron chi connectivity index (χ2n) is 5.36. The van der Waals surface area contributed by atoms with Crippen LogP contribution in [0.2, 0.25) is 0 Å². The molecule has 0 aliphatic rings. The molecule has 0 bridgehead atoms. The number of hydrogen-bond donors (Lipinski definition) is 2. The van der Waals surface area contributed by atoms with Gasteiger partial charge in [0.25, 0.3) is 0 Å². The third-order valence-corrected chi connectivity index (χ3v) is 3.33.